The number of rotatable bonds is 7. The Bertz CT molecular complexity index is 899. The van der Waals surface area contributed by atoms with Gasteiger partial charge in [0.1, 0.15) is 6.04 Å². The van der Waals surface area contributed by atoms with Crippen LogP contribution in [0.5, 0.6) is 0 Å². The van der Waals surface area contributed by atoms with Crippen molar-refractivity contribution in [3.05, 3.63) is 60.2 Å². The predicted octanol–water partition coefficient (Wildman–Crippen LogP) is 3.61. The SMILES string of the molecule is N[C@H](C[C@H](Cc1ccc(-c2cc3ccccc3s2)cc1)C(=O)O)C(=O)O. The summed E-state index contributed by atoms with van der Waals surface area (Å²) in [6, 6.07) is 16.9. The summed E-state index contributed by atoms with van der Waals surface area (Å²) in [5.74, 6) is -3.04. The minimum Gasteiger partial charge on any atom is -0.481 e. The number of hydrogen-bond acceptors (Lipinski definition) is 4. The molecular weight excluding hydrogens is 350 g/mol. The normalized spacial score (nSPS) is 13.4. The van der Waals surface area contributed by atoms with Gasteiger partial charge in [-0.15, -0.1) is 11.3 Å². The standard InChI is InChI=1S/C20H19NO4S/c21-16(20(24)25)10-15(19(22)23)9-12-5-7-13(8-6-12)18-11-14-3-1-2-4-17(14)26-18/h1-8,11,15-16H,9-10,21H2,(H,22,23)(H,24,25)/t15-,16+/m0/s1. The van der Waals surface area contributed by atoms with Gasteiger partial charge in [-0.3, -0.25) is 9.59 Å². The second-order valence-electron chi connectivity index (χ2n) is 6.27. The second kappa shape index (κ2) is 7.68. The summed E-state index contributed by atoms with van der Waals surface area (Å²) >= 11 is 1.71. The van der Waals surface area contributed by atoms with Crippen LogP contribution in [0.3, 0.4) is 0 Å². The second-order valence-corrected chi connectivity index (χ2v) is 7.35. The molecule has 1 heterocycles. The van der Waals surface area contributed by atoms with Crippen LogP contribution >= 0.6 is 11.3 Å². The van der Waals surface area contributed by atoms with Gasteiger partial charge in [0.05, 0.1) is 5.92 Å². The number of benzene rings is 2. The quantitative estimate of drug-likeness (QED) is 0.591. The molecule has 3 rings (SSSR count). The molecule has 0 unspecified atom stereocenters. The largest absolute Gasteiger partial charge is 0.481 e. The smallest absolute Gasteiger partial charge is 0.320 e. The molecule has 0 bridgehead atoms. The zero-order chi connectivity index (χ0) is 18.7. The molecule has 0 radical (unpaired) electrons. The van der Waals surface area contributed by atoms with Crippen LogP contribution in [0, 0.1) is 5.92 Å². The molecule has 0 amide bonds. The monoisotopic (exact) mass is 369 g/mol. The summed E-state index contributed by atoms with van der Waals surface area (Å²) in [7, 11) is 0. The molecular formula is C20H19NO4S. The van der Waals surface area contributed by atoms with E-state index in [1.807, 2.05) is 36.4 Å². The van der Waals surface area contributed by atoms with Crippen molar-refractivity contribution in [2.45, 2.75) is 18.9 Å². The molecule has 2 aromatic carbocycles. The van der Waals surface area contributed by atoms with Gasteiger partial charge >= 0.3 is 11.9 Å². The fourth-order valence-electron chi connectivity index (χ4n) is 2.89. The molecule has 4 N–H and O–H groups in total. The number of aliphatic carboxylic acids is 2. The van der Waals surface area contributed by atoms with E-state index in [9.17, 15) is 14.7 Å². The molecule has 2 atom stereocenters. The van der Waals surface area contributed by atoms with Crippen molar-refractivity contribution in [2.75, 3.05) is 0 Å². The van der Waals surface area contributed by atoms with Gasteiger partial charge in [-0.25, -0.2) is 0 Å². The zero-order valence-electron chi connectivity index (χ0n) is 14.0. The molecule has 0 aliphatic carbocycles. The minimum absolute atomic E-state index is 0.0945. The van der Waals surface area contributed by atoms with Crippen molar-refractivity contribution in [2.24, 2.45) is 11.7 Å². The lowest BCUT2D eigenvalue weighted by Gasteiger charge is -2.15. The van der Waals surface area contributed by atoms with Crippen LogP contribution < -0.4 is 5.73 Å². The molecule has 3 aromatic rings. The Balaban J connectivity index is 1.75. The van der Waals surface area contributed by atoms with Gasteiger partial charge in [-0.2, -0.15) is 0 Å². The summed E-state index contributed by atoms with van der Waals surface area (Å²) in [4.78, 5) is 23.4. The first-order chi connectivity index (χ1) is 12.4. The van der Waals surface area contributed by atoms with Gasteiger partial charge in [-0.1, -0.05) is 42.5 Å². The van der Waals surface area contributed by atoms with Gasteiger partial charge in [-0.05, 0) is 41.5 Å². The van der Waals surface area contributed by atoms with Crippen LogP contribution in [0.2, 0.25) is 0 Å². The van der Waals surface area contributed by atoms with Crippen molar-refractivity contribution in [3.8, 4) is 10.4 Å². The lowest BCUT2D eigenvalue weighted by atomic mass is 9.92. The first-order valence-corrected chi connectivity index (χ1v) is 9.05. The van der Waals surface area contributed by atoms with Gasteiger partial charge in [0, 0.05) is 9.58 Å². The van der Waals surface area contributed by atoms with Crippen LogP contribution in [0.4, 0.5) is 0 Å². The van der Waals surface area contributed by atoms with Gasteiger partial charge in [0.15, 0.2) is 0 Å². The van der Waals surface area contributed by atoms with E-state index in [1.54, 1.807) is 11.3 Å². The van der Waals surface area contributed by atoms with Crippen molar-refractivity contribution >= 4 is 33.4 Å². The number of carboxylic acid groups (broad SMARTS) is 2. The van der Waals surface area contributed by atoms with E-state index in [0.717, 1.165) is 16.0 Å². The number of carbonyl (C=O) groups is 2. The van der Waals surface area contributed by atoms with Crippen molar-refractivity contribution in [1.82, 2.24) is 0 Å². The van der Waals surface area contributed by atoms with E-state index in [-0.39, 0.29) is 12.8 Å². The minimum atomic E-state index is -1.18. The molecule has 0 aliphatic rings. The predicted molar refractivity (Wildman–Crippen MR) is 102 cm³/mol. The Hall–Kier alpha value is -2.70. The number of thiophene rings is 1. The summed E-state index contributed by atoms with van der Waals surface area (Å²) in [5.41, 5.74) is 7.40. The average Bonchev–Trinajstić information content (AvgIpc) is 3.05. The number of hydrogen-bond donors (Lipinski definition) is 3. The Kier molecular flexibility index (Phi) is 5.35. The third-order valence-electron chi connectivity index (χ3n) is 4.35. The third kappa shape index (κ3) is 4.09. The van der Waals surface area contributed by atoms with Gasteiger partial charge < -0.3 is 15.9 Å². The highest BCUT2D eigenvalue weighted by Gasteiger charge is 2.24. The maximum atomic E-state index is 11.4. The molecule has 0 saturated heterocycles. The third-order valence-corrected chi connectivity index (χ3v) is 5.52. The highest BCUT2D eigenvalue weighted by molar-refractivity contribution is 7.22. The van der Waals surface area contributed by atoms with Crippen molar-refractivity contribution in [1.29, 1.82) is 0 Å². The van der Waals surface area contributed by atoms with Crippen LogP contribution in [0.15, 0.2) is 54.6 Å². The molecule has 0 saturated carbocycles. The first-order valence-electron chi connectivity index (χ1n) is 8.23. The van der Waals surface area contributed by atoms with E-state index < -0.39 is 23.9 Å². The molecule has 26 heavy (non-hydrogen) atoms. The van der Waals surface area contributed by atoms with E-state index in [2.05, 4.69) is 18.2 Å². The highest BCUT2D eigenvalue weighted by Crippen LogP contribution is 2.33. The number of fused-ring (bicyclic) bond motifs is 1. The Labute approximate surface area is 154 Å². The molecule has 0 spiro atoms. The molecule has 0 fully saturated rings. The van der Waals surface area contributed by atoms with Crippen molar-refractivity contribution < 1.29 is 19.8 Å². The fraction of sp³-hybridized carbons (Fsp3) is 0.200. The van der Waals surface area contributed by atoms with Crippen LogP contribution in [0.1, 0.15) is 12.0 Å². The molecule has 1 aromatic heterocycles. The van der Waals surface area contributed by atoms with E-state index in [4.69, 9.17) is 10.8 Å². The average molecular weight is 369 g/mol. The lowest BCUT2D eigenvalue weighted by Crippen LogP contribution is -2.35. The molecule has 6 heteroatoms. The maximum Gasteiger partial charge on any atom is 0.320 e. The zero-order valence-corrected chi connectivity index (χ0v) is 14.8. The van der Waals surface area contributed by atoms with Crippen molar-refractivity contribution in [3.63, 3.8) is 0 Å². The van der Waals surface area contributed by atoms with E-state index in [0.29, 0.717) is 0 Å². The Morgan fingerprint density at radius 1 is 1.00 bits per heavy atom. The first kappa shape index (κ1) is 18.1. The molecule has 0 aliphatic heterocycles. The van der Waals surface area contributed by atoms with E-state index >= 15 is 0 Å². The summed E-state index contributed by atoms with van der Waals surface area (Å²) in [5, 5.41) is 19.4. The summed E-state index contributed by atoms with van der Waals surface area (Å²) < 4.78 is 1.22. The maximum absolute atomic E-state index is 11.4. The fourth-order valence-corrected chi connectivity index (χ4v) is 3.96. The molecule has 5 nitrogen and oxygen atoms in total. The summed E-state index contributed by atoms with van der Waals surface area (Å²) in [6.45, 7) is 0. The summed E-state index contributed by atoms with van der Waals surface area (Å²) in [6.07, 6.45) is 0.158. The number of nitrogens with two attached hydrogens (primary N) is 1. The lowest BCUT2D eigenvalue weighted by molar-refractivity contribution is -0.143. The van der Waals surface area contributed by atoms with Crippen LogP contribution in [-0.2, 0) is 16.0 Å². The van der Waals surface area contributed by atoms with Crippen LogP contribution in [0.25, 0.3) is 20.5 Å². The Morgan fingerprint density at radius 2 is 1.69 bits per heavy atom. The molecule has 134 valence electrons. The van der Waals surface area contributed by atoms with E-state index in [1.165, 1.54) is 10.1 Å². The van der Waals surface area contributed by atoms with Gasteiger partial charge in [0.2, 0.25) is 0 Å². The highest BCUT2D eigenvalue weighted by atomic mass is 32.1. The van der Waals surface area contributed by atoms with Gasteiger partial charge in [0.25, 0.3) is 0 Å². The number of carboxylic acids is 2. The Morgan fingerprint density at radius 3 is 2.31 bits per heavy atom. The topological polar surface area (TPSA) is 101 Å². The van der Waals surface area contributed by atoms with Crippen LogP contribution in [-0.4, -0.2) is 28.2 Å².